The fraction of sp³-hybridized carbons (Fsp3) is 0.650. The predicted molar refractivity (Wildman–Crippen MR) is 92.0 cm³/mol. The molecule has 118 valence electrons. The largest absolute Gasteiger partial charge is 0.299 e. The number of carbonyl (C=O) groups excluding carboxylic acids is 1. The van der Waals surface area contributed by atoms with Crippen LogP contribution in [0.5, 0.6) is 0 Å². The molecule has 1 rings (SSSR count). The fourth-order valence-electron chi connectivity index (χ4n) is 2.70. The third-order valence-electron chi connectivity index (χ3n) is 4.17. The second-order valence-electron chi connectivity index (χ2n) is 7.84. The van der Waals surface area contributed by atoms with Gasteiger partial charge < -0.3 is 0 Å². The summed E-state index contributed by atoms with van der Waals surface area (Å²) in [6.07, 6.45) is 3.49. The van der Waals surface area contributed by atoms with Gasteiger partial charge in [0.25, 0.3) is 0 Å². The third-order valence-corrected chi connectivity index (χ3v) is 4.17. The monoisotopic (exact) mass is 288 g/mol. The van der Waals surface area contributed by atoms with Crippen molar-refractivity contribution < 1.29 is 4.79 Å². The Kier molecular flexibility index (Phi) is 6.19. The van der Waals surface area contributed by atoms with E-state index in [0.717, 1.165) is 19.3 Å². The number of rotatable bonds is 6. The third kappa shape index (κ3) is 5.65. The van der Waals surface area contributed by atoms with Crippen molar-refractivity contribution in [3.8, 4) is 0 Å². The van der Waals surface area contributed by atoms with Gasteiger partial charge in [-0.1, -0.05) is 53.2 Å². The molecule has 0 unspecified atom stereocenters. The Morgan fingerprint density at radius 1 is 1.10 bits per heavy atom. The average molecular weight is 288 g/mol. The molecule has 1 nitrogen and oxygen atoms in total. The summed E-state index contributed by atoms with van der Waals surface area (Å²) in [5.41, 5.74) is 5.27. The summed E-state index contributed by atoms with van der Waals surface area (Å²) in [6, 6.07) is 4.51. The zero-order chi connectivity index (χ0) is 16.2. The molecule has 0 aliphatic rings. The van der Waals surface area contributed by atoms with Crippen molar-refractivity contribution in [2.24, 2.45) is 5.92 Å². The van der Waals surface area contributed by atoms with Crippen LogP contribution in [0.3, 0.4) is 0 Å². The summed E-state index contributed by atoms with van der Waals surface area (Å²) in [5, 5.41) is 0. The minimum atomic E-state index is 0.162. The van der Waals surface area contributed by atoms with Crippen molar-refractivity contribution in [2.75, 3.05) is 0 Å². The van der Waals surface area contributed by atoms with E-state index in [0.29, 0.717) is 18.1 Å². The van der Waals surface area contributed by atoms with Gasteiger partial charge in [-0.2, -0.15) is 0 Å². The number of carbonyl (C=O) groups is 1. The quantitative estimate of drug-likeness (QED) is 0.671. The van der Waals surface area contributed by atoms with Gasteiger partial charge in [-0.15, -0.1) is 0 Å². The molecule has 0 radical (unpaired) electrons. The molecule has 0 fully saturated rings. The van der Waals surface area contributed by atoms with Gasteiger partial charge in [0.1, 0.15) is 5.78 Å². The summed E-state index contributed by atoms with van der Waals surface area (Å²) < 4.78 is 0. The molecule has 0 aliphatic heterocycles. The van der Waals surface area contributed by atoms with Crippen LogP contribution in [0.25, 0.3) is 0 Å². The zero-order valence-electron chi connectivity index (χ0n) is 15.0. The van der Waals surface area contributed by atoms with E-state index in [2.05, 4.69) is 60.6 Å². The molecule has 0 heterocycles. The number of hydrogen-bond acceptors (Lipinski definition) is 1. The SMILES string of the molecule is Cc1cc(C(C)(C)C)cc(C)c1CC(=O)CCCC(C)C. The van der Waals surface area contributed by atoms with Crippen molar-refractivity contribution in [3.05, 3.63) is 34.4 Å². The topological polar surface area (TPSA) is 17.1 Å². The van der Waals surface area contributed by atoms with Crippen LogP contribution in [0.2, 0.25) is 0 Å². The molecule has 1 aromatic rings. The van der Waals surface area contributed by atoms with Crippen LogP contribution in [-0.4, -0.2) is 5.78 Å². The van der Waals surface area contributed by atoms with Crippen LogP contribution in [0.1, 0.15) is 76.1 Å². The van der Waals surface area contributed by atoms with Gasteiger partial charge in [-0.25, -0.2) is 0 Å². The molecule has 1 aromatic carbocycles. The average Bonchev–Trinajstić information content (AvgIpc) is 2.31. The van der Waals surface area contributed by atoms with E-state index in [1.54, 1.807) is 0 Å². The lowest BCUT2D eigenvalue weighted by atomic mass is 9.83. The molecular formula is C20H32O. The highest BCUT2D eigenvalue weighted by atomic mass is 16.1. The molecule has 0 amide bonds. The molecule has 1 heteroatoms. The number of Topliss-reactive ketones (excluding diaryl/α,β-unsaturated/α-hetero) is 1. The van der Waals surface area contributed by atoms with Gasteiger partial charge in [-0.3, -0.25) is 4.79 Å². The van der Waals surface area contributed by atoms with Gasteiger partial charge >= 0.3 is 0 Å². The van der Waals surface area contributed by atoms with Crippen molar-refractivity contribution >= 4 is 5.78 Å². The van der Waals surface area contributed by atoms with Gasteiger partial charge in [0.05, 0.1) is 0 Å². The number of benzene rings is 1. The first-order valence-electron chi connectivity index (χ1n) is 8.23. The molecule has 0 N–H and O–H groups in total. The van der Waals surface area contributed by atoms with E-state index >= 15 is 0 Å². The minimum absolute atomic E-state index is 0.162. The van der Waals surface area contributed by atoms with E-state index in [-0.39, 0.29) is 5.41 Å². The van der Waals surface area contributed by atoms with Gasteiger partial charge in [0.2, 0.25) is 0 Å². The van der Waals surface area contributed by atoms with E-state index in [1.165, 1.54) is 22.3 Å². The highest BCUT2D eigenvalue weighted by Crippen LogP contribution is 2.27. The molecule has 0 aromatic heterocycles. The van der Waals surface area contributed by atoms with Gasteiger partial charge in [0.15, 0.2) is 0 Å². The second kappa shape index (κ2) is 7.24. The highest BCUT2D eigenvalue weighted by Gasteiger charge is 2.17. The van der Waals surface area contributed by atoms with Crippen LogP contribution in [0, 0.1) is 19.8 Å². The normalized spacial score (nSPS) is 12.0. The lowest BCUT2D eigenvalue weighted by molar-refractivity contribution is -0.118. The van der Waals surface area contributed by atoms with Crippen molar-refractivity contribution in [1.82, 2.24) is 0 Å². The van der Waals surface area contributed by atoms with Crippen LogP contribution in [-0.2, 0) is 16.6 Å². The minimum Gasteiger partial charge on any atom is -0.299 e. The van der Waals surface area contributed by atoms with E-state index in [1.807, 2.05) is 0 Å². The maximum Gasteiger partial charge on any atom is 0.137 e. The maximum absolute atomic E-state index is 12.2. The summed E-state index contributed by atoms with van der Waals surface area (Å²) in [7, 11) is 0. The molecule has 0 atom stereocenters. The Morgan fingerprint density at radius 2 is 1.62 bits per heavy atom. The lowest BCUT2D eigenvalue weighted by Gasteiger charge is -2.22. The Bertz CT molecular complexity index is 466. The predicted octanol–water partition coefficient (Wildman–Crippen LogP) is 5.54. The Balaban J connectivity index is 2.78. The van der Waals surface area contributed by atoms with Crippen molar-refractivity contribution in [3.63, 3.8) is 0 Å². The van der Waals surface area contributed by atoms with Crippen LogP contribution in [0.4, 0.5) is 0 Å². The lowest BCUT2D eigenvalue weighted by Crippen LogP contribution is -2.13. The van der Waals surface area contributed by atoms with Crippen molar-refractivity contribution in [1.29, 1.82) is 0 Å². The first-order valence-corrected chi connectivity index (χ1v) is 8.23. The summed E-state index contributed by atoms with van der Waals surface area (Å²) in [4.78, 5) is 12.2. The Hall–Kier alpha value is -1.11. The van der Waals surface area contributed by atoms with E-state index in [4.69, 9.17) is 0 Å². The van der Waals surface area contributed by atoms with Crippen LogP contribution >= 0.6 is 0 Å². The smallest absolute Gasteiger partial charge is 0.137 e. The molecule has 0 bridgehead atoms. The summed E-state index contributed by atoms with van der Waals surface area (Å²) in [6.45, 7) is 15.4. The number of aryl methyl sites for hydroxylation is 2. The second-order valence-corrected chi connectivity index (χ2v) is 7.84. The summed E-state index contributed by atoms with van der Waals surface area (Å²) in [5.74, 6) is 1.07. The zero-order valence-corrected chi connectivity index (χ0v) is 15.0. The van der Waals surface area contributed by atoms with Gasteiger partial charge in [0, 0.05) is 12.8 Å². The van der Waals surface area contributed by atoms with Crippen LogP contribution < -0.4 is 0 Å². The molecule has 0 saturated heterocycles. The molecular weight excluding hydrogens is 256 g/mol. The first-order chi connectivity index (χ1) is 9.61. The summed E-state index contributed by atoms with van der Waals surface area (Å²) >= 11 is 0. The maximum atomic E-state index is 12.2. The fourth-order valence-corrected chi connectivity index (χ4v) is 2.70. The Morgan fingerprint density at radius 3 is 2.05 bits per heavy atom. The number of hydrogen-bond donors (Lipinski definition) is 0. The van der Waals surface area contributed by atoms with Crippen LogP contribution in [0.15, 0.2) is 12.1 Å². The van der Waals surface area contributed by atoms with Crippen molar-refractivity contribution in [2.45, 2.75) is 79.6 Å². The molecule has 21 heavy (non-hydrogen) atoms. The van der Waals surface area contributed by atoms with Gasteiger partial charge in [-0.05, 0) is 53.9 Å². The molecule has 0 saturated carbocycles. The Labute approximate surface area is 131 Å². The van der Waals surface area contributed by atoms with E-state index < -0.39 is 0 Å². The highest BCUT2D eigenvalue weighted by molar-refractivity contribution is 5.81. The molecule has 0 spiro atoms. The van der Waals surface area contributed by atoms with E-state index in [9.17, 15) is 4.79 Å². The number of ketones is 1. The standard InChI is InChI=1S/C20H32O/c1-14(2)9-8-10-18(21)13-19-15(3)11-17(12-16(19)4)20(5,6)7/h11-12,14H,8-10,13H2,1-7H3. The first kappa shape index (κ1) is 17.9. The molecule has 0 aliphatic carbocycles.